The zero-order valence-electron chi connectivity index (χ0n) is 11.2. The predicted molar refractivity (Wildman–Crippen MR) is 87.2 cm³/mol. The minimum atomic E-state index is -3.64. The number of nitrogens with one attached hydrogen (secondary N) is 1. The maximum absolute atomic E-state index is 12.3. The molecule has 0 saturated carbocycles. The third-order valence-corrected chi connectivity index (χ3v) is 5.72. The summed E-state index contributed by atoms with van der Waals surface area (Å²) < 4.78 is 27.7. The van der Waals surface area contributed by atoms with Gasteiger partial charge in [0.25, 0.3) is 10.0 Å². The van der Waals surface area contributed by atoms with E-state index in [0.29, 0.717) is 15.6 Å². The van der Waals surface area contributed by atoms with Crippen LogP contribution in [-0.4, -0.2) is 15.0 Å². The maximum atomic E-state index is 12.3. The van der Waals surface area contributed by atoms with Crippen LogP contribution >= 0.6 is 22.9 Å². The molecular weight excluding hydrogens is 328 g/mol. The molecule has 0 aliphatic carbocycles. The van der Waals surface area contributed by atoms with E-state index in [4.69, 9.17) is 17.3 Å². The van der Waals surface area contributed by atoms with Crippen molar-refractivity contribution in [1.82, 2.24) is 0 Å². The maximum Gasteiger partial charge on any atom is 0.271 e. The van der Waals surface area contributed by atoms with Crippen LogP contribution in [0.4, 0.5) is 5.69 Å². The van der Waals surface area contributed by atoms with Gasteiger partial charge in [-0.1, -0.05) is 29.5 Å². The van der Waals surface area contributed by atoms with Crippen LogP contribution < -0.4 is 10.5 Å². The van der Waals surface area contributed by atoms with Gasteiger partial charge >= 0.3 is 0 Å². The number of rotatable bonds is 3. The van der Waals surface area contributed by atoms with Crippen LogP contribution in [0.15, 0.2) is 34.5 Å². The molecule has 21 heavy (non-hydrogen) atoms. The van der Waals surface area contributed by atoms with E-state index in [-0.39, 0.29) is 10.8 Å². The first kappa shape index (κ1) is 15.9. The van der Waals surface area contributed by atoms with Crippen LogP contribution in [-0.2, 0) is 10.0 Å². The first-order valence-electron chi connectivity index (χ1n) is 6.00. The topological polar surface area (TPSA) is 72.2 Å². The SMILES string of the molecule is Cc1ccc(C#CCN)cc1NS(=O)(=O)c1ccc(Cl)s1. The Labute approximate surface area is 133 Å². The largest absolute Gasteiger partial charge is 0.320 e. The summed E-state index contributed by atoms with van der Waals surface area (Å²) in [5.41, 5.74) is 7.32. The number of sulfonamides is 1. The van der Waals surface area contributed by atoms with Crippen LogP contribution in [0.2, 0.25) is 4.34 Å². The van der Waals surface area contributed by atoms with E-state index in [1.807, 2.05) is 13.0 Å². The summed E-state index contributed by atoms with van der Waals surface area (Å²) in [6.45, 7) is 2.07. The van der Waals surface area contributed by atoms with Crippen molar-refractivity contribution in [2.24, 2.45) is 5.73 Å². The average Bonchev–Trinajstić information content (AvgIpc) is 2.87. The predicted octanol–water partition coefficient (Wildman–Crippen LogP) is 2.82. The van der Waals surface area contributed by atoms with Crippen molar-refractivity contribution in [1.29, 1.82) is 0 Å². The fourth-order valence-corrected chi connectivity index (χ4v) is 4.20. The molecule has 0 saturated heterocycles. The molecule has 1 aromatic carbocycles. The van der Waals surface area contributed by atoms with Gasteiger partial charge in [0.2, 0.25) is 0 Å². The number of halogens is 1. The van der Waals surface area contributed by atoms with Crippen LogP contribution in [0.25, 0.3) is 0 Å². The number of hydrogen-bond acceptors (Lipinski definition) is 4. The van der Waals surface area contributed by atoms with Gasteiger partial charge in [-0.05, 0) is 36.8 Å². The van der Waals surface area contributed by atoms with E-state index < -0.39 is 10.0 Å². The van der Waals surface area contributed by atoms with Crippen molar-refractivity contribution in [2.45, 2.75) is 11.1 Å². The monoisotopic (exact) mass is 340 g/mol. The van der Waals surface area contributed by atoms with E-state index in [1.165, 1.54) is 6.07 Å². The Bertz CT molecular complexity index is 817. The molecule has 1 aromatic heterocycles. The number of nitrogens with two attached hydrogens (primary N) is 1. The molecule has 0 fully saturated rings. The van der Waals surface area contributed by atoms with Gasteiger partial charge in [0.05, 0.1) is 16.6 Å². The summed E-state index contributed by atoms with van der Waals surface area (Å²) in [5, 5.41) is 0. The zero-order chi connectivity index (χ0) is 15.5. The molecule has 0 atom stereocenters. The highest BCUT2D eigenvalue weighted by atomic mass is 35.5. The molecule has 0 spiro atoms. The molecule has 2 rings (SSSR count). The van der Waals surface area contributed by atoms with Gasteiger partial charge in [0, 0.05) is 5.56 Å². The lowest BCUT2D eigenvalue weighted by Crippen LogP contribution is -2.12. The highest BCUT2D eigenvalue weighted by Crippen LogP contribution is 2.28. The first-order chi connectivity index (χ1) is 9.92. The third-order valence-electron chi connectivity index (χ3n) is 2.63. The van der Waals surface area contributed by atoms with Gasteiger partial charge in [-0.3, -0.25) is 4.72 Å². The van der Waals surface area contributed by atoms with Crippen molar-refractivity contribution in [3.63, 3.8) is 0 Å². The molecule has 110 valence electrons. The average molecular weight is 341 g/mol. The van der Waals surface area contributed by atoms with E-state index in [9.17, 15) is 8.42 Å². The van der Waals surface area contributed by atoms with Crippen LogP contribution in [0, 0.1) is 18.8 Å². The lowest BCUT2D eigenvalue weighted by Gasteiger charge is -2.09. The molecule has 2 aromatic rings. The van der Waals surface area contributed by atoms with Gasteiger partial charge in [0.15, 0.2) is 0 Å². The Hall–Kier alpha value is -1.52. The van der Waals surface area contributed by atoms with E-state index in [1.54, 1.807) is 18.2 Å². The Morgan fingerprint density at radius 2 is 2.10 bits per heavy atom. The molecule has 0 aliphatic rings. The fourth-order valence-electron chi connectivity index (χ4n) is 1.60. The summed E-state index contributed by atoms with van der Waals surface area (Å²) in [4.78, 5) is 0. The van der Waals surface area contributed by atoms with Crippen molar-refractivity contribution >= 4 is 38.6 Å². The number of benzene rings is 1. The Morgan fingerprint density at radius 1 is 1.33 bits per heavy atom. The molecule has 4 nitrogen and oxygen atoms in total. The van der Waals surface area contributed by atoms with Gasteiger partial charge in [-0.15, -0.1) is 11.3 Å². The number of anilines is 1. The quantitative estimate of drug-likeness (QED) is 0.844. The second kappa shape index (κ2) is 6.50. The first-order valence-corrected chi connectivity index (χ1v) is 8.68. The number of aryl methyl sites for hydroxylation is 1. The Kier molecular flexibility index (Phi) is 4.91. The highest BCUT2D eigenvalue weighted by Gasteiger charge is 2.17. The summed E-state index contributed by atoms with van der Waals surface area (Å²) >= 11 is 6.79. The number of thiophene rings is 1. The third kappa shape index (κ3) is 3.99. The standard InChI is InChI=1S/C14H13ClN2O2S2/c1-10-4-5-11(3-2-8-16)9-12(10)17-21(18,19)14-7-6-13(15)20-14/h4-7,9,17H,8,16H2,1H3. The molecule has 0 aliphatic heterocycles. The molecule has 0 unspecified atom stereocenters. The molecular formula is C14H13ClN2O2S2. The van der Waals surface area contributed by atoms with Gasteiger partial charge in [-0.2, -0.15) is 0 Å². The summed E-state index contributed by atoms with van der Waals surface area (Å²) in [5.74, 6) is 5.61. The highest BCUT2D eigenvalue weighted by molar-refractivity contribution is 7.94. The normalized spacial score (nSPS) is 10.8. The second-order valence-corrected chi connectivity index (χ2v) is 7.82. The van der Waals surface area contributed by atoms with Crippen LogP contribution in [0.5, 0.6) is 0 Å². The van der Waals surface area contributed by atoms with Gasteiger partial charge < -0.3 is 5.73 Å². The molecule has 0 bridgehead atoms. The second-order valence-electron chi connectivity index (χ2n) is 4.20. The van der Waals surface area contributed by atoms with E-state index in [2.05, 4.69) is 16.6 Å². The molecule has 3 N–H and O–H groups in total. The smallest absolute Gasteiger partial charge is 0.271 e. The lowest BCUT2D eigenvalue weighted by molar-refractivity contribution is 0.603. The van der Waals surface area contributed by atoms with Crippen molar-refractivity contribution in [3.05, 3.63) is 45.8 Å². The summed E-state index contributed by atoms with van der Waals surface area (Å²) in [7, 11) is -3.64. The zero-order valence-corrected chi connectivity index (χ0v) is 13.6. The van der Waals surface area contributed by atoms with Gasteiger partial charge in [0.1, 0.15) is 4.21 Å². The summed E-state index contributed by atoms with van der Waals surface area (Å²) in [6, 6.07) is 8.34. The number of hydrogen-bond donors (Lipinski definition) is 2. The lowest BCUT2D eigenvalue weighted by atomic mass is 10.1. The van der Waals surface area contributed by atoms with Gasteiger partial charge in [-0.25, -0.2) is 8.42 Å². The van der Waals surface area contributed by atoms with Crippen LogP contribution in [0.1, 0.15) is 11.1 Å². The Balaban J connectivity index is 2.34. The van der Waals surface area contributed by atoms with Crippen molar-refractivity contribution in [2.75, 3.05) is 11.3 Å². The van der Waals surface area contributed by atoms with E-state index >= 15 is 0 Å². The van der Waals surface area contributed by atoms with E-state index in [0.717, 1.165) is 16.9 Å². The molecule has 0 amide bonds. The molecule has 0 radical (unpaired) electrons. The molecule has 7 heteroatoms. The minimum Gasteiger partial charge on any atom is -0.320 e. The van der Waals surface area contributed by atoms with Crippen LogP contribution in [0.3, 0.4) is 0 Å². The van der Waals surface area contributed by atoms with Crippen molar-refractivity contribution in [3.8, 4) is 11.8 Å². The Morgan fingerprint density at radius 3 is 2.71 bits per heavy atom. The fraction of sp³-hybridized carbons (Fsp3) is 0.143. The minimum absolute atomic E-state index is 0.172. The van der Waals surface area contributed by atoms with Crippen molar-refractivity contribution < 1.29 is 8.42 Å². The summed E-state index contributed by atoms with van der Waals surface area (Å²) in [6.07, 6.45) is 0. The molecule has 1 heterocycles.